The smallest absolute Gasteiger partial charge is 0.261 e. The van der Waals surface area contributed by atoms with Crippen LogP contribution in [0.25, 0.3) is 33.4 Å². The van der Waals surface area contributed by atoms with E-state index in [0.29, 0.717) is 23.1 Å². The van der Waals surface area contributed by atoms with Gasteiger partial charge in [-0.25, -0.2) is 9.97 Å². The fraction of sp³-hybridized carbons (Fsp3) is 0.280. The minimum absolute atomic E-state index is 0.0484. The molecule has 0 N–H and O–H groups in total. The van der Waals surface area contributed by atoms with Crippen molar-refractivity contribution in [2.45, 2.75) is 6.54 Å². The molecule has 33 heavy (non-hydrogen) atoms. The van der Waals surface area contributed by atoms with E-state index in [4.69, 9.17) is 9.72 Å². The Morgan fingerprint density at radius 1 is 1.09 bits per heavy atom. The minimum atomic E-state index is -0.0484. The summed E-state index contributed by atoms with van der Waals surface area (Å²) in [6, 6.07) is 14.0. The predicted octanol–water partition coefficient (Wildman–Crippen LogP) is 3.72. The molecule has 168 valence electrons. The summed E-state index contributed by atoms with van der Waals surface area (Å²) in [6.45, 7) is 3.90. The Kier molecular flexibility index (Phi) is 6.37. The molecule has 0 atom stereocenters. The van der Waals surface area contributed by atoms with Gasteiger partial charge >= 0.3 is 0 Å². The second-order valence-electron chi connectivity index (χ2n) is 7.88. The number of benzene rings is 1. The van der Waals surface area contributed by atoms with Crippen LogP contribution in [0.3, 0.4) is 0 Å². The molecule has 4 aromatic rings. The van der Waals surface area contributed by atoms with Gasteiger partial charge in [0.1, 0.15) is 5.52 Å². The third kappa shape index (κ3) is 4.49. The molecule has 1 aliphatic heterocycles. The molecule has 4 heterocycles. The van der Waals surface area contributed by atoms with E-state index in [0.717, 1.165) is 54.6 Å². The Labute approximate surface area is 196 Å². The van der Waals surface area contributed by atoms with Gasteiger partial charge in [0.05, 0.1) is 36.3 Å². The number of ether oxygens (including phenoxy) is 1. The molecule has 0 bridgehead atoms. The highest BCUT2D eigenvalue weighted by molar-refractivity contribution is 7.98. The van der Waals surface area contributed by atoms with Gasteiger partial charge in [-0.3, -0.25) is 14.3 Å². The minimum Gasteiger partial charge on any atom is -0.378 e. The molecule has 1 aromatic carbocycles. The Hall–Kier alpha value is -3.23. The first kappa shape index (κ1) is 21.6. The zero-order valence-corrected chi connectivity index (χ0v) is 19.3. The summed E-state index contributed by atoms with van der Waals surface area (Å²) in [4.78, 5) is 29.4. The van der Waals surface area contributed by atoms with Crippen molar-refractivity contribution in [3.05, 3.63) is 71.5 Å². The van der Waals surface area contributed by atoms with E-state index < -0.39 is 0 Å². The fourth-order valence-corrected chi connectivity index (χ4v) is 4.41. The second kappa shape index (κ2) is 9.72. The Morgan fingerprint density at radius 3 is 2.64 bits per heavy atom. The lowest BCUT2D eigenvalue weighted by Crippen LogP contribution is -2.36. The number of anilines is 1. The molecule has 0 aliphatic carbocycles. The van der Waals surface area contributed by atoms with Crippen molar-refractivity contribution in [2.75, 3.05) is 43.2 Å². The number of aromatic nitrogens is 4. The first-order chi connectivity index (χ1) is 16.2. The van der Waals surface area contributed by atoms with E-state index in [1.165, 1.54) is 0 Å². The number of rotatable bonds is 6. The predicted molar refractivity (Wildman–Crippen MR) is 134 cm³/mol. The number of fused-ring (bicyclic) bond motifs is 1. The highest BCUT2D eigenvalue weighted by Crippen LogP contribution is 2.29. The first-order valence-corrected chi connectivity index (χ1v) is 12.4. The van der Waals surface area contributed by atoms with Crippen LogP contribution in [-0.4, -0.2) is 57.8 Å². The number of thioether (sulfide) groups is 1. The molecular formula is C25H25N5O2S. The molecule has 7 nitrogen and oxygen atoms in total. The fourth-order valence-electron chi connectivity index (χ4n) is 4.03. The number of pyridine rings is 2. The summed E-state index contributed by atoms with van der Waals surface area (Å²) in [5.41, 5.74) is 4.92. The molecule has 1 saturated heterocycles. The normalized spacial score (nSPS) is 14.0. The molecule has 8 heteroatoms. The van der Waals surface area contributed by atoms with E-state index in [1.54, 1.807) is 35.0 Å². The van der Waals surface area contributed by atoms with Crippen LogP contribution in [0.2, 0.25) is 0 Å². The van der Waals surface area contributed by atoms with Gasteiger partial charge in [0.25, 0.3) is 5.56 Å². The van der Waals surface area contributed by atoms with Crippen LogP contribution in [0.1, 0.15) is 0 Å². The van der Waals surface area contributed by atoms with E-state index in [1.807, 2.05) is 24.5 Å². The number of nitrogens with zero attached hydrogens (tertiary/aromatic N) is 5. The molecule has 3 aromatic heterocycles. The molecule has 0 spiro atoms. The maximum atomic E-state index is 13.3. The maximum absolute atomic E-state index is 13.3. The molecule has 0 radical (unpaired) electrons. The molecule has 0 amide bonds. The maximum Gasteiger partial charge on any atom is 0.261 e. The average molecular weight is 460 g/mol. The van der Waals surface area contributed by atoms with Crippen LogP contribution in [0.4, 0.5) is 5.69 Å². The SMILES string of the molecule is CSCCn1cnc2c(-c3cccnc3)nc(-c3ccc(N4CCOCC4)cc3)cc2c1=O. The van der Waals surface area contributed by atoms with Crippen molar-refractivity contribution in [1.29, 1.82) is 0 Å². The zero-order chi connectivity index (χ0) is 22.6. The third-order valence-corrected chi connectivity index (χ3v) is 6.41. The van der Waals surface area contributed by atoms with Gasteiger partial charge < -0.3 is 9.64 Å². The van der Waals surface area contributed by atoms with E-state index in [-0.39, 0.29) is 5.56 Å². The van der Waals surface area contributed by atoms with Gasteiger partial charge in [0, 0.05) is 54.6 Å². The summed E-state index contributed by atoms with van der Waals surface area (Å²) < 4.78 is 7.14. The number of hydrogen-bond acceptors (Lipinski definition) is 7. The summed E-state index contributed by atoms with van der Waals surface area (Å²) in [7, 11) is 0. The molecule has 0 unspecified atom stereocenters. The van der Waals surface area contributed by atoms with Gasteiger partial charge in [-0.1, -0.05) is 12.1 Å². The van der Waals surface area contributed by atoms with E-state index in [9.17, 15) is 4.79 Å². The highest BCUT2D eigenvalue weighted by Gasteiger charge is 2.16. The lowest BCUT2D eigenvalue weighted by Gasteiger charge is -2.28. The Morgan fingerprint density at radius 2 is 1.91 bits per heavy atom. The van der Waals surface area contributed by atoms with E-state index in [2.05, 4.69) is 39.1 Å². The standard InChI is InChI=1S/C25H25N5O2S/c1-33-14-11-30-17-27-24-21(25(30)31)15-22(28-23(24)19-3-2-8-26-16-19)18-4-6-20(7-5-18)29-9-12-32-13-10-29/h2-8,15-17H,9-14H2,1H3. The van der Waals surface area contributed by atoms with Crippen LogP contribution < -0.4 is 10.5 Å². The summed E-state index contributed by atoms with van der Waals surface area (Å²) in [6.07, 6.45) is 7.14. The van der Waals surface area contributed by atoms with Crippen LogP contribution in [0.5, 0.6) is 0 Å². The number of hydrogen-bond donors (Lipinski definition) is 0. The van der Waals surface area contributed by atoms with Crippen LogP contribution >= 0.6 is 11.8 Å². The topological polar surface area (TPSA) is 73.1 Å². The molecule has 1 fully saturated rings. The Balaban J connectivity index is 1.62. The zero-order valence-electron chi connectivity index (χ0n) is 18.5. The molecular weight excluding hydrogens is 434 g/mol. The monoisotopic (exact) mass is 459 g/mol. The molecule has 1 aliphatic rings. The van der Waals surface area contributed by atoms with Gasteiger partial charge in [-0.15, -0.1) is 0 Å². The van der Waals surface area contributed by atoms with Crippen LogP contribution in [0.15, 0.2) is 66.0 Å². The van der Waals surface area contributed by atoms with Crippen molar-refractivity contribution in [3.8, 4) is 22.5 Å². The van der Waals surface area contributed by atoms with E-state index >= 15 is 0 Å². The van der Waals surface area contributed by atoms with Crippen molar-refractivity contribution >= 4 is 28.4 Å². The van der Waals surface area contributed by atoms with Crippen molar-refractivity contribution < 1.29 is 4.74 Å². The number of aryl methyl sites for hydroxylation is 1. The number of morpholine rings is 1. The second-order valence-corrected chi connectivity index (χ2v) is 8.86. The summed E-state index contributed by atoms with van der Waals surface area (Å²) in [5.74, 6) is 0.851. The Bertz CT molecular complexity index is 1300. The van der Waals surface area contributed by atoms with Crippen molar-refractivity contribution in [3.63, 3.8) is 0 Å². The molecule has 5 rings (SSSR count). The average Bonchev–Trinajstić information content (AvgIpc) is 2.89. The lowest BCUT2D eigenvalue weighted by atomic mass is 10.1. The quantitative estimate of drug-likeness (QED) is 0.435. The first-order valence-electron chi connectivity index (χ1n) is 11.0. The van der Waals surface area contributed by atoms with Gasteiger partial charge in [-0.2, -0.15) is 11.8 Å². The van der Waals surface area contributed by atoms with Crippen LogP contribution in [-0.2, 0) is 11.3 Å². The molecule has 0 saturated carbocycles. The van der Waals surface area contributed by atoms with Gasteiger partial charge in [0.15, 0.2) is 0 Å². The summed E-state index contributed by atoms with van der Waals surface area (Å²) >= 11 is 1.70. The third-order valence-electron chi connectivity index (χ3n) is 5.82. The van der Waals surface area contributed by atoms with Gasteiger partial charge in [-0.05, 0) is 36.6 Å². The van der Waals surface area contributed by atoms with Gasteiger partial charge in [0.2, 0.25) is 0 Å². The van der Waals surface area contributed by atoms with Crippen molar-refractivity contribution in [1.82, 2.24) is 19.5 Å². The van der Waals surface area contributed by atoms with Crippen molar-refractivity contribution in [2.24, 2.45) is 0 Å². The lowest BCUT2D eigenvalue weighted by molar-refractivity contribution is 0.122. The van der Waals surface area contributed by atoms with Crippen LogP contribution in [0, 0.1) is 0 Å². The highest BCUT2D eigenvalue weighted by atomic mass is 32.2. The summed E-state index contributed by atoms with van der Waals surface area (Å²) in [5, 5.41) is 0.569. The largest absolute Gasteiger partial charge is 0.378 e.